The van der Waals surface area contributed by atoms with Crippen LogP contribution in [0.4, 0.5) is 0 Å². The molecular weight excluding hydrogens is 504 g/mol. The average Bonchev–Trinajstić information content (AvgIpc) is 2.66. The zero-order chi connectivity index (χ0) is 23.5. The molecule has 0 fully saturated rings. The number of amidine groups is 1. The van der Waals surface area contributed by atoms with Gasteiger partial charge in [-0.15, -0.1) is 5.10 Å². The molecule has 2 aromatic rings. The maximum absolute atomic E-state index is 11.6. The fourth-order valence-electron chi connectivity index (χ4n) is 1.25. The maximum Gasteiger partial charge on any atom is 3.00 e. The Morgan fingerprint density at radius 1 is 0.848 bits per heavy atom. The molecule has 0 aliphatic rings. The van der Waals surface area contributed by atoms with Crippen LogP contribution in [0.2, 0.25) is 0 Å². The van der Waals surface area contributed by atoms with Crippen molar-refractivity contribution in [3.05, 3.63) is 106 Å². The van der Waals surface area contributed by atoms with Crippen LogP contribution in [-0.4, -0.2) is 32.0 Å². The van der Waals surface area contributed by atoms with Crippen molar-refractivity contribution >= 4 is 11.7 Å². The second-order valence-corrected chi connectivity index (χ2v) is 4.05. The van der Waals surface area contributed by atoms with E-state index in [9.17, 15) is 5.11 Å². The van der Waals surface area contributed by atoms with Crippen molar-refractivity contribution in [3.8, 4) is 0 Å². The van der Waals surface area contributed by atoms with Gasteiger partial charge in [-0.05, 0) is 18.2 Å². The summed E-state index contributed by atoms with van der Waals surface area (Å²) in [6.07, 6.45) is 3.22. The van der Waals surface area contributed by atoms with Crippen LogP contribution in [-0.2, 0) is 28.0 Å². The Bertz CT molecular complexity index is 762. The molecule has 0 saturated carbocycles. The number of hydrogen-bond donors (Lipinski definition) is 1. The average molecular weight is 521 g/mol. The maximum atomic E-state index is 11.6. The van der Waals surface area contributed by atoms with Gasteiger partial charge in [0.2, 0.25) is 5.69 Å². The van der Waals surface area contributed by atoms with Crippen molar-refractivity contribution in [1.29, 1.82) is 0 Å². The molecule has 0 unspecified atom stereocenters. The fourth-order valence-corrected chi connectivity index (χ4v) is 1.25. The summed E-state index contributed by atoms with van der Waals surface area (Å²) in [5.41, 5.74) is 6.47. The largest absolute Gasteiger partial charge is 3.00 e. The van der Waals surface area contributed by atoms with Crippen molar-refractivity contribution in [2.45, 2.75) is 0 Å². The zero-order valence-electron chi connectivity index (χ0n) is 16.0. The summed E-state index contributed by atoms with van der Waals surface area (Å²) < 4.78 is 0. The van der Waals surface area contributed by atoms with Crippen LogP contribution < -0.4 is 15.8 Å². The fraction of sp³-hybridized carbons (Fsp3) is 0. The first-order valence-corrected chi connectivity index (χ1v) is 6.88. The molecule has 2 heterocycles. The SMILES string of the molecule is N/C(=N\N=C(/[O-])c1cccc[nH+]1)c1ccccn1.O=[N+]([O-])[O-].O=[N+]([O-])[O-].O=[N+]([O-])[O-].[Fe+3].[OH3+].[OH3+]. The summed E-state index contributed by atoms with van der Waals surface area (Å²) >= 11 is 0. The molecule has 33 heavy (non-hydrogen) atoms. The molecule has 2 rings (SSSR count). The van der Waals surface area contributed by atoms with Crippen LogP contribution in [0.15, 0.2) is 59.0 Å². The minimum atomic E-state index is -1.75. The molecular formula is C12H17FeN8O12+2. The summed E-state index contributed by atoms with van der Waals surface area (Å²) in [4.78, 5) is 31.5. The van der Waals surface area contributed by atoms with Crippen LogP contribution >= 0.6 is 0 Å². The van der Waals surface area contributed by atoms with Gasteiger partial charge < -0.3 is 67.8 Å². The molecule has 183 valence electrons. The van der Waals surface area contributed by atoms with Gasteiger partial charge in [0.05, 0.1) is 21.2 Å². The molecule has 0 bridgehead atoms. The van der Waals surface area contributed by atoms with E-state index in [2.05, 4.69) is 20.2 Å². The Balaban J connectivity index is -0.000000147. The van der Waals surface area contributed by atoms with Gasteiger partial charge >= 0.3 is 17.1 Å². The van der Waals surface area contributed by atoms with E-state index < -0.39 is 21.2 Å². The van der Waals surface area contributed by atoms with Crippen molar-refractivity contribution in [3.63, 3.8) is 0 Å². The van der Waals surface area contributed by atoms with E-state index in [1.54, 1.807) is 48.8 Å². The molecule has 0 aliphatic heterocycles. The summed E-state index contributed by atoms with van der Waals surface area (Å²) in [5.74, 6) is -0.394. The van der Waals surface area contributed by atoms with Crippen molar-refractivity contribution in [2.24, 2.45) is 15.9 Å². The van der Waals surface area contributed by atoms with Gasteiger partial charge in [-0.25, -0.2) is 4.98 Å². The van der Waals surface area contributed by atoms with Crippen molar-refractivity contribution in [1.82, 2.24) is 4.98 Å². The molecule has 0 atom stereocenters. The van der Waals surface area contributed by atoms with Gasteiger partial charge in [0.25, 0.3) is 0 Å². The van der Waals surface area contributed by atoms with Crippen LogP contribution in [0.5, 0.6) is 0 Å². The minimum absolute atomic E-state index is 0. The summed E-state index contributed by atoms with van der Waals surface area (Å²) in [5, 5.41) is 63.0. The topological polar surface area (TPSA) is 365 Å². The van der Waals surface area contributed by atoms with Crippen LogP contribution in [0.3, 0.4) is 0 Å². The summed E-state index contributed by atoms with van der Waals surface area (Å²) in [7, 11) is 0. The minimum Gasteiger partial charge on any atom is -0.853 e. The molecule has 9 N–H and O–H groups in total. The number of nitrogens with one attached hydrogen (secondary N) is 1. The number of hydrogen-bond acceptors (Lipinski definition) is 13. The predicted octanol–water partition coefficient (Wildman–Crippen LogP) is -3.24. The standard InChI is InChI=1S/C12H11N5O.Fe.3NO3.2H2O/c13-11(9-5-1-3-7-14-9)16-17-12(18)10-6-2-4-8-15-10;;3*2-1(3)4;;/h1-8H,(H2,13,16)(H,17,18);;;;;2*1H2/q;+3;3*-1;;/p+2. The first-order chi connectivity index (χ1) is 14.0. The molecule has 20 nitrogen and oxygen atoms in total. The quantitative estimate of drug-likeness (QED) is 0.104. The van der Waals surface area contributed by atoms with E-state index in [0.717, 1.165) is 0 Å². The Hall–Kier alpha value is -4.72. The third kappa shape index (κ3) is 29.6. The smallest absolute Gasteiger partial charge is 0.853 e. The van der Waals surface area contributed by atoms with Crippen molar-refractivity contribution < 1.29 is 53.4 Å². The van der Waals surface area contributed by atoms with Gasteiger partial charge in [0, 0.05) is 18.3 Å². The third-order valence-electron chi connectivity index (χ3n) is 2.12. The second-order valence-electron chi connectivity index (χ2n) is 4.05. The van der Waals surface area contributed by atoms with Gasteiger partial charge in [0.15, 0.2) is 12.0 Å². The van der Waals surface area contributed by atoms with E-state index in [1.165, 1.54) is 0 Å². The Kier molecular flexibility index (Phi) is 27.7. The Morgan fingerprint density at radius 2 is 1.30 bits per heavy atom. The van der Waals surface area contributed by atoms with E-state index in [4.69, 9.17) is 51.7 Å². The van der Waals surface area contributed by atoms with E-state index in [1.807, 2.05) is 0 Å². The first kappa shape index (κ1) is 38.8. The molecule has 0 saturated heterocycles. The summed E-state index contributed by atoms with van der Waals surface area (Å²) in [6.45, 7) is 0. The van der Waals surface area contributed by atoms with Crippen molar-refractivity contribution in [2.75, 3.05) is 0 Å². The second kappa shape index (κ2) is 23.6. The molecule has 1 radical (unpaired) electrons. The molecule has 0 spiro atoms. The number of H-pyrrole nitrogens is 1. The summed E-state index contributed by atoms with van der Waals surface area (Å²) in [6, 6.07) is 10.3. The van der Waals surface area contributed by atoms with E-state index >= 15 is 0 Å². The molecule has 0 aromatic carbocycles. The Labute approximate surface area is 192 Å². The number of nitrogens with zero attached hydrogens (tertiary/aromatic N) is 6. The predicted molar refractivity (Wildman–Crippen MR) is 105 cm³/mol. The van der Waals surface area contributed by atoms with E-state index in [-0.39, 0.29) is 33.9 Å². The Morgan fingerprint density at radius 3 is 1.67 bits per heavy atom. The van der Waals surface area contributed by atoms with E-state index in [0.29, 0.717) is 11.4 Å². The van der Waals surface area contributed by atoms with Gasteiger partial charge in [-0.2, -0.15) is 5.10 Å². The number of rotatable bonds is 3. The zero-order valence-corrected chi connectivity index (χ0v) is 17.1. The molecule has 0 amide bonds. The molecule has 0 aliphatic carbocycles. The first-order valence-electron chi connectivity index (χ1n) is 6.88. The number of nitrogens with two attached hydrogens (primary N) is 1. The number of pyridine rings is 2. The number of aromatic amines is 1. The van der Waals surface area contributed by atoms with Gasteiger partial charge in [-0.1, -0.05) is 6.07 Å². The molecule has 21 heteroatoms. The van der Waals surface area contributed by atoms with Crippen LogP contribution in [0.1, 0.15) is 11.4 Å². The monoisotopic (exact) mass is 521 g/mol. The molecule has 2 aromatic heterocycles. The van der Waals surface area contributed by atoms with Gasteiger partial charge in [-0.3, -0.25) is 4.98 Å². The van der Waals surface area contributed by atoms with Gasteiger partial charge in [0.1, 0.15) is 5.69 Å². The third-order valence-corrected chi connectivity index (χ3v) is 2.12. The normalized spacial score (nSPS) is 8.97. The van der Waals surface area contributed by atoms with Crippen LogP contribution in [0, 0.1) is 46.0 Å². The van der Waals surface area contributed by atoms with Crippen LogP contribution in [0.25, 0.3) is 0 Å². The number of aromatic nitrogens is 2.